The highest BCUT2D eigenvalue weighted by molar-refractivity contribution is 6.31. The molecule has 1 amide bonds. The van der Waals surface area contributed by atoms with Crippen LogP contribution in [0, 0.1) is 5.41 Å². The minimum absolute atomic E-state index is 0.121. The first kappa shape index (κ1) is 24.4. The van der Waals surface area contributed by atoms with Gasteiger partial charge < -0.3 is 24.2 Å². The van der Waals surface area contributed by atoms with E-state index in [1.54, 1.807) is 31.3 Å². The first-order valence-corrected chi connectivity index (χ1v) is 11.7. The summed E-state index contributed by atoms with van der Waals surface area (Å²) in [6.07, 6.45) is -0.872. The minimum Gasteiger partial charge on any atom is -0.497 e. The molecular formula is C26H30ClNO6. The fraction of sp³-hybridized carbons (Fsp3) is 0.462. The van der Waals surface area contributed by atoms with E-state index in [1.165, 1.54) is 0 Å². The molecule has 2 aliphatic rings. The van der Waals surface area contributed by atoms with Crippen LogP contribution in [0.4, 0.5) is 5.69 Å². The number of aryl methyl sites for hydroxylation is 1. The topological polar surface area (TPSA) is 85.3 Å². The van der Waals surface area contributed by atoms with E-state index in [0.29, 0.717) is 22.1 Å². The molecule has 0 saturated heterocycles. The van der Waals surface area contributed by atoms with Gasteiger partial charge in [0.15, 0.2) is 0 Å². The van der Waals surface area contributed by atoms with Crippen molar-refractivity contribution < 1.29 is 28.9 Å². The summed E-state index contributed by atoms with van der Waals surface area (Å²) in [5.74, 6) is -0.333. The van der Waals surface area contributed by atoms with Crippen LogP contribution in [0.5, 0.6) is 11.5 Å². The number of nitrogens with zero attached hydrogens (tertiary/aromatic N) is 1. The third-order valence-electron chi connectivity index (χ3n) is 6.60. The van der Waals surface area contributed by atoms with Crippen molar-refractivity contribution in [3.8, 4) is 11.5 Å². The Labute approximate surface area is 204 Å². The number of benzene rings is 2. The predicted molar refractivity (Wildman–Crippen MR) is 129 cm³/mol. The number of aliphatic carboxylic acids is 1. The Morgan fingerprint density at radius 3 is 2.53 bits per heavy atom. The van der Waals surface area contributed by atoms with Gasteiger partial charge in [0.25, 0.3) is 5.91 Å². The van der Waals surface area contributed by atoms with E-state index in [4.69, 9.17) is 25.8 Å². The van der Waals surface area contributed by atoms with Gasteiger partial charge in [-0.05, 0) is 48.1 Å². The summed E-state index contributed by atoms with van der Waals surface area (Å²) in [4.78, 5) is 27.4. The van der Waals surface area contributed by atoms with Gasteiger partial charge in [0, 0.05) is 28.3 Å². The number of carbonyl (C=O) groups is 2. The van der Waals surface area contributed by atoms with Crippen LogP contribution in [0.25, 0.3) is 0 Å². The highest BCUT2D eigenvalue weighted by Gasteiger charge is 2.46. The molecule has 0 bridgehead atoms. The van der Waals surface area contributed by atoms with Crippen LogP contribution in [0.15, 0.2) is 30.3 Å². The van der Waals surface area contributed by atoms with Gasteiger partial charge in [0.2, 0.25) is 0 Å². The van der Waals surface area contributed by atoms with Crippen LogP contribution in [-0.2, 0) is 20.7 Å². The molecule has 2 heterocycles. The van der Waals surface area contributed by atoms with Crippen molar-refractivity contribution in [2.75, 3.05) is 19.1 Å². The molecule has 0 spiro atoms. The summed E-state index contributed by atoms with van der Waals surface area (Å²) in [5, 5.41) is 10.1. The normalized spacial score (nSPS) is 22.1. The molecular weight excluding hydrogens is 458 g/mol. The lowest BCUT2D eigenvalue weighted by atomic mass is 9.78. The van der Waals surface area contributed by atoms with Crippen molar-refractivity contribution >= 4 is 29.2 Å². The van der Waals surface area contributed by atoms with E-state index >= 15 is 0 Å². The number of hydrogen-bond donors (Lipinski definition) is 1. The standard InChI is InChI=1S/C26H30ClNO6/c1-26(2,3)21-9-6-14-10-15(27)11-18-23(14)28(21)25(31)20(13-22(29)30)34-24(18)17-8-7-16(32-4)12-19(17)33-5/h7-8,10-12,20-21,24H,6,9,13H2,1-5H3,(H,29,30)/t20-,21+,24-/m1/s1. The number of amides is 1. The number of carboxylic acids is 1. The van der Waals surface area contributed by atoms with Gasteiger partial charge in [-0.25, -0.2) is 0 Å². The first-order chi connectivity index (χ1) is 16.0. The van der Waals surface area contributed by atoms with Crippen molar-refractivity contribution in [2.45, 2.75) is 58.3 Å². The third kappa shape index (κ3) is 4.34. The fourth-order valence-electron chi connectivity index (χ4n) is 5.05. The predicted octanol–water partition coefficient (Wildman–Crippen LogP) is 5.01. The lowest BCUT2D eigenvalue weighted by molar-refractivity contribution is -0.147. The summed E-state index contributed by atoms with van der Waals surface area (Å²) in [6, 6.07) is 8.92. The number of hydrogen-bond acceptors (Lipinski definition) is 5. The molecule has 4 rings (SSSR count). The Kier molecular flexibility index (Phi) is 6.53. The molecule has 0 radical (unpaired) electrons. The Morgan fingerprint density at radius 1 is 1.18 bits per heavy atom. The molecule has 3 atom stereocenters. The van der Waals surface area contributed by atoms with Crippen molar-refractivity contribution in [3.05, 3.63) is 52.0 Å². The maximum atomic E-state index is 13.9. The molecule has 7 nitrogen and oxygen atoms in total. The molecule has 0 aliphatic carbocycles. The molecule has 1 N–H and O–H groups in total. The minimum atomic E-state index is -1.17. The summed E-state index contributed by atoms with van der Waals surface area (Å²) in [7, 11) is 3.11. The average molecular weight is 488 g/mol. The quantitative estimate of drug-likeness (QED) is 0.637. The Balaban J connectivity index is 1.99. The number of carbonyl (C=O) groups excluding carboxylic acids is 1. The zero-order valence-corrected chi connectivity index (χ0v) is 20.8. The van der Waals surface area contributed by atoms with Crippen molar-refractivity contribution in [3.63, 3.8) is 0 Å². The zero-order chi connectivity index (χ0) is 24.8. The second-order valence-corrected chi connectivity index (χ2v) is 10.3. The molecule has 182 valence electrons. The summed E-state index contributed by atoms with van der Waals surface area (Å²) in [5.41, 5.74) is 2.87. The zero-order valence-electron chi connectivity index (χ0n) is 20.1. The molecule has 0 fully saturated rings. The van der Waals surface area contributed by atoms with E-state index < -0.39 is 24.6 Å². The van der Waals surface area contributed by atoms with Gasteiger partial charge in [0.1, 0.15) is 23.7 Å². The number of rotatable bonds is 5. The lowest BCUT2D eigenvalue weighted by Gasteiger charge is -2.45. The summed E-state index contributed by atoms with van der Waals surface area (Å²) >= 11 is 6.54. The number of methoxy groups -OCH3 is 2. The molecule has 34 heavy (non-hydrogen) atoms. The monoisotopic (exact) mass is 487 g/mol. The van der Waals surface area contributed by atoms with Crippen LogP contribution in [0.3, 0.4) is 0 Å². The smallest absolute Gasteiger partial charge is 0.306 e. The largest absolute Gasteiger partial charge is 0.497 e. The highest BCUT2D eigenvalue weighted by atomic mass is 35.5. The van der Waals surface area contributed by atoms with Crippen molar-refractivity contribution in [2.24, 2.45) is 5.41 Å². The molecule has 0 unspecified atom stereocenters. The second kappa shape index (κ2) is 9.12. The first-order valence-electron chi connectivity index (χ1n) is 11.3. The van der Waals surface area contributed by atoms with Crippen LogP contribution in [0.2, 0.25) is 5.02 Å². The van der Waals surface area contributed by atoms with Gasteiger partial charge in [-0.15, -0.1) is 0 Å². The SMILES string of the molecule is COc1ccc([C@H]2O[C@H](CC(=O)O)C(=O)N3c4c(cc(Cl)cc42)CC[C@H]3C(C)(C)C)c(OC)c1. The van der Waals surface area contributed by atoms with Crippen molar-refractivity contribution in [1.82, 2.24) is 0 Å². The maximum Gasteiger partial charge on any atom is 0.306 e. The molecule has 8 heteroatoms. The van der Waals surface area contributed by atoms with E-state index in [1.807, 2.05) is 18.2 Å². The van der Waals surface area contributed by atoms with Gasteiger partial charge in [-0.3, -0.25) is 9.59 Å². The fourth-order valence-corrected chi connectivity index (χ4v) is 5.29. The van der Waals surface area contributed by atoms with Crippen LogP contribution in [-0.4, -0.2) is 43.3 Å². The van der Waals surface area contributed by atoms with Crippen LogP contribution < -0.4 is 14.4 Å². The third-order valence-corrected chi connectivity index (χ3v) is 6.82. The second-order valence-electron chi connectivity index (χ2n) is 9.84. The Hall–Kier alpha value is -2.77. The maximum absolute atomic E-state index is 13.9. The Morgan fingerprint density at radius 2 is 1.91 bits per heavy atom. The van der Waals surface area contributed by atoms with E-state index in [0.717, 1.165) is 29.7 Å². The average Bonchev–Trinajstić information content (AvgIpc) is 2.89. The van der Waals surface area contributed by atoms with Gasteiger partial charge in [-0.1, -0.05) is 32.4 Å². The molecule has 2 aliphatic heterocycles. The number of carboxylic acid groups (broad SMARTS) is 1. The molecule has 2 aromatic rings. The van der Waals surface area contributed by atoms with E-state index in [9.17, 15) is 14.7 Å². The highest BCUT2D eigenvalue weighted by Crippen LogP contribution is 2.49. The number of ether oxygens (including phenoxy) is 3. The Bertz CT molecular complexity index is 1130. The van der Waals surface area contributed by atoms with Crippen molar-refractivity contribution in [1.29, 1.82) is 0 Å². The lowest BCUT2D eigenvalue weighted by Crippen LogP contribution is -2.53. The van der Waals surface area contributed by atoms with E-state index in [2.05, 4.69) is 20.8 Å². The van der Waals surface area contributed by atoms with Gasteiger partial charge >= 0.3 is 5.97 Å². The number of halogens is 1. The molecule has 0 saturated carbocycles. The summed E-state index contributed by atoms with van der Waals surface area (Å²) < 4.78 is 17.3. The number of anilines is 1. The van der Waals surface area contributed by atoms with Gasteiger partial charge in [0.05, 0.1) is 26.3 Å². The summed E-state index contributed by atoms with van der Waals surface area (Å²) in [6.45, 7) is 6.27. The molecule has 2 aromatic carbocycles. The van der Waals surface area contributed by atoms with E-state index in [-0.39, 0.29) is 17.4 Å². The molecule has 0 aromatic heterocycles. The van der Waals surface area contributed by atoms with Crippen LogP contribution >= 0.6 is 11.6 Å². The van der Waals surface area contributed by atoms with Gasteiger partial charge in [-0.2, -0.15) is 0 Å². The van der Waals surface area contributed by atoms with Crippen LogP contribution in [0.1, 0.15) is 56.4 Å².